The predicted octanol–water partition coefficient (Wildman–Crippen LogP) is 4.41. The molecule has 0 bridgehead atoms. The van der Waals surface area contributed by atoms with Gasteiger partial charge in [-0.15, -0.1) is 0 Å². The molecule has 6 heteroatoms. The van der Waals surface area contributed by atoms with Gasteiger partial charge >= 0.3 is 6.03 Å². The van der Waals surface area contributed by atoms with Gasteiger partial charge in [0.1, 0.15) is 0 Å². The number of carbonyl (C=O) groups excluding carboxylic acids is 2. The number of piperidine rings is 1. The number of likely N-dealkylation sites (tertiary alicyclic amines) is 1. The highest BCUT2D eigenvalue weighted by molar-refractivity contribution is 5.89. The first-order valence-corrected chi connectivity index (χ1v) is 11.3. The van der Waals surface area contributed by atoms with Crippen molar-refractivity contribution in [2.45, 2.75) is 38.6 Å². The Bertz CT molecular complexity index is 876. The van der Waals surface area contributed by atoms with Crippen LogP contribution in [0.4, 0.5) is 16.2 Å². The van der Waals surface area contributed by atoms with Gasteiger partial charge in [0.25, 0.3) is 0 Å². The highest BCUT2D eigenvalue weighted by atomic mass is 16.2. The molecule has 2 saturated heterocycles. The van der Waals surface area contributed by atoms with Crippen LogP contribution in [0.25, 0.3) is 0 Å². The van der Waals surface area contributed by atoms with Gasteiger partial charge < -0.3 is 20.4 Å². The first kappa shape index (κ1) is 21.2. The quantitative estimate of drug-likeness (QED) is 0.728. The maximum atomic E-state index is 12.7. The molecule has 164 valence electrons. The summed E-state index contributed by atoms with van der Waals surface area (Å²) in [6, 6.07) is 17.4. The van der Waals surface area contributed by atoms with Gasteiger partial charge in [0.05, 0.1) is 6.04 Å². The zero-order valence-corrected chi connectivity index (χ0v) is 18.2. The average molecular weight is 421 g/mol. The number of hydrogen-bond donors (Lipinski definition) is 2. The van der Waals surface area contributed by atoms with Gasteiger partial charge in [-0.1, -0.05) is 37.3 Å². The molecule has 0 spiro atoms. The summed E-state index contributed by atoms with van der Waals surface area (Å²) in [6.07, 6.45) is 3.93. The molecule has 2 N–H and O–H groups in total. The molecular weight excluding hydrogens is 388 g/mol. The van der Waals surface area contributed by atoms with Gasteiger partial charge in [-0.2, -0.15) is 0 Å². The number of hydrogen-bond acceptors (Lipinski definition) is 3. The van der Waals surface area contributed by atoms with Crippen molar-refractivity contribution in [3.63, 3.8) is 0 Å². The molecule has 2 aliphatic rings. The van der Waals surface area contributed by atoms with Crippen LogP contribution < -0.4 is 15.5 Å². The van der Waals surface area contributed by atoms with Crippen molar-refractivity contribution >= 4 is 23.3 Å². The second-order valence-electron chi connectivity index (χ2n) is 8.72. The van der Waals surface area contributed by atoms with Crippen LogP contribution in [-0.4, -0.2) is 43.0 Å². The van der Waals surface area contributed by atoms with Gasteiger partial charge in [-0.25, -0.2) is 4.79 Å². The van der Waals surface area contributed by atoms with Crippen molar-refractivity contribution in [1.29, 1.82) is 0 Å². The molecule has 0 aliphatic carbocycles. The fourth-order valence-electron chi connectivity index (χ4n) is 4.38. The van der Waals surface area contributed by atoms with Gasteiger partial charge in [0, 0.05) is 44.0 Å². The second kappa shape index (κ2) is 9.86. The lowest BCUT2D eigenvalue weighted by Crippen LogP contribution is -2.40. The van der Waals surface area contributed by atoms with Gasteiger partial charge in [-0.3, -0.25) is 4.79 Å². The normalized spacial score (nSPS) is 18.2. The van der Waals surface area contributed by atoms with Crippen molar-refractivity contribution < 1.29 is 9.59 Å². The molecule has 1 unspecified atom stereocenters. The van der Waals surface area contributed by atoms with Crippen LogP contribution in [0.1, 0.15) is 44.2 Å². The topological polar surface area (TPSA) is 64.7 Å². The molecule has 31 heavy (non-hydrogen) atoms. The number of nitrogens with zero attached hydrogens (tertiary/aromatic N) is 2. The van der Waals surface area contributed by atoms with E-state index in [0.717, 1.165) is 43.2 Å². The second-order valence-corrected chi connectivity index (χ2v) is 8.72. The molecule has 2 aromatic rings. The molecule has 0 saturated carbocycles. The highest BCUT2D eigenvalue weighted by Gasteiger charge is 2.25. The SMILES string of the molecule is CC1CCN(c2ccc(NC(=O)NC(CN3CCCC3=O)c3ccccc3)cc2)CC1. The number of nitrogens with one attached hydrogen (secondary N) is 2. The standard InChI is InChI=1S/C25H32N4O2/c1-19-13-16-28(17-14-19)22-11-9-21(10-12-22)26-25(31)27-23(20-6-3-2-4-7-20)18-29-15-5-8-24(29)30/h2-4,6-7,9-12,19,23H,5,8,13-18H2,1H3,(H2,26,27,31). The largest absolute Gasteiger partial charge is 0.372 e. The molecule has 3 amide bonds. The van der Waals surface area contributed by atoms with Gasteiger partial charge in [0.2, 0.25) is 5.91 Å². The number of amides is 3. The molecule has 2 heterocycles. The summed E-state index contributed by atoms with van der Waals surface area (Å²) in [7, 11) is 0. The van der Waals surface area contributed by atoms with Crippen molar-refractivity contribution in [2.24, 2.45) is 5.92 Å². The number of carbonyl (C=O) groups is 2. The van der Waals surface area contributed by atoms with E-state index in [1.165, 1.54) is 18.5 Å². The van der Waals surface area contributed by atoms with Crippen molar-refractivity contribution in [3.05, 3.63) is 60.2 Å². The number of anilines is 2. The Hall–Kier alpha value is -3.02. The summed E-state index contributed by atoms with van der Waals surface area (Å²) in [5.74, 6) is 0.958. The molecule has 0 radical (unpaired) electrons. The Labute approximate surface area is 184 Å². The number of benzene rings is 2. The van der Waals surface area contributed by atoms with Gasteiger partial charge in [-0.05, 0) is 55.0 Å². The summed E-state index contributed by atoms with van der Waals surface area (Å²) in [5, 5.41) is 6.00. The summed E-state index contributed by atoms with van der Waals surface area (Å²) < 4.78 is 0. The lowest BCUT2D eigenvalue weighted by molar-refractivity contribution is -0.128. The van der Waals surface area contributed by atoms with E-state index < -0.39 is 0 Å². The van der Waals surface area contributed by atoms with Crippen LogP contribution in [0.15, 0.2) is 54.6 Å². The zero-order chi connectivity index (χ0) is 21.6. The third-order valence-electron chi connectivity index (χ3n) is 6.36. The van der Waals surface area contributed by atoms with E-state index in [1.54, 1.807) is 0 Å². The van der Waals surface area contributed by atoms with E-state index in [-0.39, 0.29) is 18.0 Å². The average Bonchev–Trinajstić information content (AvgIpc) is 3.19. The lowest BCUT2D eigenvalue weighted by Gasteiger charge is -2.32. The molecule has 1 atom stereocenters. The zero-order valence-electron chi connectivity index (χ0n) is 18.2. The van der Waals surface area contributed by atoms with E-state index >= 15 is 0 Å². The van der Waals surface area contributed by atoms with Crippen LogP contribution in [0, 0.1) is 5.92 Å². The van der Waals surface area contributed by atoms with E-state index in [4.69, 9.17) is 0 Å². The lowest BCUT2D eigenvalue weighted by atomic mass is 9.99. The summed E-state index contributed by atoms with van der Waals surface area (Å²) in [6.45, 7) is 5.72. The molecular formula is C25H32N4O2. The van der Waals surface area contributed by atoms with Crippen LogP contribution in [0.5, 0.6) is 0 Å². The first-order chi connectivity index (χ1) is 15.1. The number of urea groups is 1. The van der Waals surface area contributed by atoms with E-state index in [0.29, 0.717) is 13.0 Å². The molecule has 2 aromatic carbocycles. The fourth-order valence-corrected chi connectivity index (χ4v) is 4.38. The monoisotopic (exact) mass is 420 g/mol. The summed E-state index contributed by atoms with van der Waals surface area (Å²) in [5.41, 5.74) is 2.95. The fraction of sp³-hybridized carbons (Fsp3) is 0.440. The third kappa shape index (κ3) is 5.57. The van der Waals surface area contributed by atoms with Crippen molar-refractivity contribution in [3.8, 4) is 0 Å². The molecule has 4 rings (SSSR count). The smallest absolute Gasteiger partial charge is 0.319 e. The Balaban J connectivity index is 1.37. The minimum Gasteiger partial charge on any atom is -0.372 e. The van der Waals surface area contributed by atoms with E-state index in [9.17, 15) is 9.59 Å². The van der Waals surface area contributed by atoms with Crippen LogP contribution in [0.3, 0.4) is 0 Å². The summed E-state index contributed by atoms with van der Waals surface area (Å²) in [4.78, 5) is 29.1. The van der Waals surface area contributed by atoms with Crippen molar-refractivity contribution in [1.82, 2.24) is 10.2 Å². The summed E-state index contributed by atoms with van der Waals surface area (Å²) >= 11 is 0. The molecule has 6 nitrogen and oxygen atoms in total. The van der Waals surface area contributed by atoms with Gasteiger partial charge in [0.15, 0.2) is 0 Å². The maximum absolute atomic E-state index is 12.7. The predicted molar refractivity (Wildman–Crippen MR) is 124 cm³/mol. The maximum Gasteiger partial charge on any atom is 0.319 e. The van der Waals surface area contributed by atoms with Crippen LogP contribution in [-0.2, 0) is 4.79 Å². The van der Waals surface area contributed by atoms with Crippen LogP contribution in [0.2, 0.25) is 0 Å². The van der Waals surface area contributed by atoms with Crippen molar-refractivity contribution in [2.75, 3.05) is 36.4 Å². The number of rotatable bonds is 6. The Morgan fingerprint density at radius 2 is 1.74 bits per heavy atom. The van der Waals surface area contributed by atoms with E-state index in [2.05, 4.69) is 34.6 Å². The molecule has 2 aliphatic heterocycles. The highest BCUT2D eigenvalue weighted by Crippen LogP contribution is 2.24. The first-order valence-electron chi connectivity index (χ1n) is 11.3. The van der Waals surface area contributed by atoms with E-state index in [1.807, 2.05) is 47.4 Å². The molecule has 0 aromatic heterocycles. The Morgan fingerprint density at radius 3 is 2.39 bits per heavy atom. The Kier molecular flexibility index (Phi) is 6.75. The minimum absolute atomic E-state index is 0.158. The Morgan fingerprint density at radius 1 is 1.03 bits per heavy atom. The minimum atomic E-state index is -0.264. The third-order valence-corrected chi connectivity index (χ3v) is 6.36. The molecule has 2 fully saturated rings. The van der Waals surface area contributed by atoms with Crippen LogP contribution >= 0.6 is 0 Å².